The standard InChI is InChI=1S/C12H12BrN3O2S/c1-16(9-4-6-15-7-5-9)19(17,18)10-2-3-12(14)11(13)8-10/h2-8H,14H2,1H3. The van der Waals surface area contributed by atoms with Crippen LogP contribution in [-0.4, -0.2) is 20.4 Å². The minimum absolute atomic E-state index is 0.174. The molecule has 0 aliphatic carbocycles. The van der Waals surface area contributed by atoms with Crippen LogP contribution in [0.4, 0.5) is 11.4 Å². The number of hydrogen-bond donors (Lipinski definition) is 1. The Morgan fingerprint density at radius 3 is 2.42 bits per heavy atom. The summed E-state index contributed by atoms with van der Waals surface area (Å²) >= 11 is 3.23. The third-order valence-electron chi connectivity index (χ3n) is 2.66. The van der Waals surface area contributed by atoms with E-state index >= 15 is 0 Å². The van der Waals surface area contributed by atoms with Gasteiger partial charge in [-0.2, -0.15) is 0 Å². The van der Waals surface area contributed by atoms with E-state index in [0.717, 1.165) is 0 Å². The van der Waals surface area contributed by atoms with Gasteiger partial charge < -0.3 is 5.73 Å². The zero-order valence-corrected chi connectivity index (χ0v) is 12.5. The molecule has 1 aromatic heterocycles. The van der Waals surface area contributed by atoms with E-state index in [9.17, 15) is 8.42 Å². The fraction of sp³-hybridized carbons (Fsp3) is 0.0833. The number of rotatable bonds is 3. The summed E-state index contributed by atoms with van der Waals surface area (Å²) in [6.07, 6.45) is 3.08. The van der Waals surface area contributed by atoms with E-state index in [2.05, 4.69) is 20.9 Å². The molecule has 100 valence electrons. The minimum atomic E-state index is -3.61. The molecule has 7 heteroatoms. The molecule has 0 spiro atoms. The SMILES string of the molecule is CN(c1ccncc1)S(=O)(=O)c1ccc(N)c(Br)c1. The Morgan fingerprint density at radius 2 is 1.84 bits per heavy atom. The zero-order valence-electron chi connectivity index (χ0n) is 10.1. The van der Waals surface area contributed by atoms with Crippen LogP contribution in [0.15, 0.2) is 52.1 Å². The Morgan fingerprint density at radius 1 is 1.21 bits per heavy atom. The van der Waals surface area contributed by atoms with Crippen LogP contribution >= 0.6 is 15.9 Å². The Bertz CT molecular complexity index is 689. The van der Waals surface area contributed by atoms with Crippen molar-refractivity contribution >= 4 is 37.3 Å². The maximum absolute atomic E-state index is 12.4. The molecule has 0 amide bonds. The minimum Gasteiger partial charge on any atom is -0.398 e. The monoisotopic (exact) mass is 341 g/mol. The first-order valence-corrected chi connectivity index (χ1v) is 7.60. The lowest BCUT2D eigenvalue weighted by atomic mass is 10.3. The molecule has 1 heterocycles. The van der Waals surface area contributed by atoms with Crippen molar-refractivity contribution in [2.75, 3.05) is 17.1 Å². The number of nitrogens with two attached hydrogens (primary N) is 1. The number of sulfonamides is 1. The van der Waals surface area contributed by atoms with E-state index in [0.29, 0.717) is 15.8 Å². The van der Waals surface area contributed by atoms with Gasteiger partial charge in [0.05, 0.1) is 10.6 Å². The van der Waals surface area contributed by atoms with Gasteiger partial charge >= 0.3 is 0 Å². The maximum Gasteiger partial charge on any atom is 0.264 e. The molecular weight excluding hydrogens is 330 g/mol. The highest BCUT2D eigenvalue weighted by molar-refractivity contribution is 9.10. The van der Waals surface area contributed by atoms with E-state index in [1.807, 2.05) is 0 Å². The molecule has 0 atom stereocenters. The molecule has 0 fully saturated rings. The molecule has 2 aromatic rings. The van der Waals surface area contributed by atoms with Gasteiger partial charge in [-0.3, -0.25) is 9.29 Å². The smallest absolute Gasteiger partial charge is 0.264 e. The molecule has 0 saturated heterocycles. The molecule has 0 bridgehead atoms. The van der Waals surface area contributed by atoms with Crippen molar-refractivity contribution in [2.45, 2.75) is 4.90 Å². The lowest BCUT2D eigenvalue weighted by molar-refractivity contribution is 0.594. The lowest BCUT2D eigenvalue weighted by Gasteiger charge is -2.19. The molecule has 1 aromatic carbocycles. The van der Waals surface area contributed by atoms with Gasteiger partial charge in [-0.05, 0) is 46.3 Å². The molecule has 0 unspecified atom stereocenters. The third kappa shape index (κ3) is 2.71. The number of benzene rings is 1. The van der Waals surface area contributed by atoms with Gasteiger partial charge in [-0.15, -0.1) is 0 Å². The van der Waals surface area contributed by atoms with E-state index in [-0.39, 0.29) is 4.90 Å². The first-order valence-electron chi connectivity index (χ1n) is 5.37. The predicted octanol–water partition coefficient (Wildman–Crippen LogP) is 2.25. The van der Waals surface area contributed by atoms with Crippen molar-refractivity contribution in [3.8, 4) is 0 Å². The number of halogens is 1. The Balaban J connectivity index is 2.45. The first kappa shape index (κ1) is 13.8. The van der Waals surface area contributed by atoms with E-state index in [1.165, 1.54) is 23.5 Å². The number of hydrogen-bond acceptors (Lipinski definition) is 4. The van der Waals surface area contributed by atoms with Gasteiger partial charge in [0, 0.05) is 29.6 Å². The van der Waals surface area contributed by atoms with Crippen molar-refractivity contribution in [1.29, 1.82) is 0 Å². The average molecular weight is 342 g/mol. The van der Waals surface area contributed by atoms with Crippen molar-refractivity contribution in [1.82, 2.24) is 4.98 Å². The molecule has 19 heavy (non-hydrogen) atoms. The van der Waals surface area contributed by atoms with Crippen molar-refractivity contribution < 1.29 is 8.42 Å². The number of aromatic nitrogens is 1. The summed E-state index contributed by atoms with van der Waals surface area (Å²) in [6, 6.07) is 7.78. The highest BCUT2D eigenvalue weighted by Gasteiger charge is 2.21. The van der Waals surface area contributed by atoms with Gasteiger partial charge in [-0.25, -0.2) is 8.42 Å². The van der Waals surface area contributed by atoms with Crippen molar-refractivity contribution in [3.05, 3.63) is 47.2 Å². The second kappa shape index (κ2) is 5.18. The van der Waals surface area contributed by atoms with Gasteiger partial charge in [0.15, 0.2) is 0 Å². The number of nitrogens with zero attached hydrogens (tertiary/aromatic N) is 2. The normalized spacial score (nSPS) is 11.3. The fourth-order valence-corrected chi connectivity index (χ4v) is 3.27. The van der Waals surface area contributed by atoms with E-state index in [1.54, 1.807) is 30.6 Å². The van der Waals surface area contributed by atoms with Crippen LogP contribution in [0.25, 0.3) is 0 Å². The largest absolute Gasteiger partial charge is 0.398 e. The summed E-state index contributed by atoms with van der Waals surface area (Å²) in [5, 5.41) is 0. The van der Waals surface area contributed by atoms with Crippen molar-refractivity contribution in [3.63, 3.8) is 0 Å². The van der Waals surface area contributed by atoms with Gasteiger partial charge in [-0.1, -0.05) is 0 Å². The van der Waals surface area contributed by atoms with E-state index < -0.39 is 10.0 Å². The third-order valence-corrected chi connectivity index (χ3v) is 5.12. The second-order valence-electron chi connectivity index (χ2n) is 3.86. The van der Waals surface area contributed by atoms with Crippen LogP contribution in [0.5, 0.6) is 0 Å². The second-order valence-corrected chi connectivity index (χ2v) is 6.68. The Hall–Kier alpha value is -1.60. The highest BCUT2D eigenvalue weighted by atomic mass is 79.9. The molecular formula is C12H12BrN3O2S. The van der Waals surface area contributed by atoms with Crippen LogP contribution < -0.4 is 10.0 Å². The summed E-state index contributed by atoms with van der Waals surface area (Å²) in [5.74, 6) is 0. The van der Waals surface area contributed by atoms with Crippen LogP contribution in [0.3, 0.4) is 0 Å². The topological polar surface area (TPSA) is 76.3 Å². The molecule has 5 nitrogen and oxygen atoms in total. The number of nitrogen functional groups attached to an aromatic ring is 1. The molecule has 0 aliphatic heterocycles. The maximum atomic E-state index is 12.4. The Labute approximate surface area is 120 Å². The molecule has 0 aliphatic rings. The van der Waals surface area contributed by atoms with Gasteiger partial charge in [0.25, 0.3) is 10.0 Å². The lowest BCUT2D eigenvalue weighted by Crippen LogP contribution is -2.26. The predicted molar refractivity (Wildman–Crippen MR) is 78.4 cm³/mol. The van der Waals surface area contributed by atoms with Crippen LogP contribution in [-0.2, 0) is 10.0 Å². The van der Waals surface area contributed by atoms with Crippen molar-refractivity contribution in [2.24, 2.45) is 0 Å². The molecule has 0 radical (unpaired) electrons. The molecule has 2 N–H and O–H groups in total. The summed E-state index contributed by atoms with van der Waals surface area (Å²) in [4.78, 5) is 4.04. The number of anilines is 2. The quantitative estimate of drug-likeness (QED) is 0.868. The van der Waals surface area contributed by atoms with Crippen LogP contribution in [0, 0.1) is 0 Å². The van der Waals surface area contributed by atoms with Crippen LogP contribution in [0.1, 0.15) is 0 Å². The van der Waals surface area contributed by atoms with Gasteiger partial charge in [0.2, 0.25) is 0 Å². The Kier molecular flexibility index (Phi) is 3.77. The average Bonchev–Trinajstić information content (AvgIpc) is 2.41. The fourth-order valence-electron chi connectivity index (χ4n) is 1.52. The van der Waals surface area contributed by atoms with Gasteiger partial charge in [0.1, 0.15) is 0 Å². The summed E-state index contributed by atoms with van der Waals surface area (Å²) in [7, 11) is -2.12. The van der Waals surface area contributed by atoms with Crippen LogP contribution in [0.2, 0.25) is 0 Å². The summed E-state index contributed by atoms with van der Waals surface area (Å²) in [5.41, 5.74) is 6.69. The van der Waals surface area contributed by atoms with E-state index in [4.69, 9.17) is 5.73 Å². The first-order chi connectivity index (χ1) is 8.93. The zero-order chi connectivity index (χ0) is 14.0. The molecule has 0 saturated carbocycles. The summed E-state index contributed by atoms with van der Waals surface area (Å²) < 4.78 is 26.6. The molecule has 2 rings (SSSR count). The number of pyridine rings is 1. The summed E-state index contributed by atoms with van der Waals surface area (Å²) in [6.45, 7) is 0. The highest BCUT2D eigenvalue weighted by Crippen LogP contribution is 2.26.